The number of H-pyrrole nitrogens is 1. The molecule has 19 heavy (non-hydrogen) atoms. The van der Waals surface area contributed by atoms with E-state index in [1.54, 1.807) is 12.1 Å². The van der Waals surface area contributed by atoms with Crippen LogP contribution in [0.3, 0.4) is 0 Å². The van der Waals surface area contributed by atoms with Crippen LogP contribution in [0.25, 0.3) is 11.0 Å². The van der Waals surface area contributed by atoms with Gasteiger partial charge < -0.3 is 10.1 Å². The number of nitrogens with zero attached hydrogens (tertiary/aromatic N) is 1. The highest BCUT2D eigenvalue weighted by Crippen LogP contribution is 2.29. The average molecular weight is 282 g/mol. The second-order valence-corrected chi connectivity index (χ2v) is 7.16. The predicted molar refractivity (Wildman–Crippen MR) is 71.1 cm³/mol. The lowest BCUT2D eigenvalue weighted by Crippen LogP contribution is -2.30. The molecule has 0 bridgehead atoms. The van der Waals surface area contributed by atoms with Crippen LogP contribution in [0.5, 0.6) is 5.75 Å². The zero-order valence-electron chi connectivity index (χ0n) is 10.2. The predicted octanol–water partition coefficient (Wildman–Crippen LogP) is 0.785. The number of imidazole rings is 1. The van der Waals surface area contributed by atoms with Gasteiger partial charge in [0.05, 0.1) is 17.0 Å². The minimum Gasteiger partial charge on any atom is -0.506 e. The molecule has 7 heteroatoms. The Morgan fingerprint density at radius 3 is 2.63 bits per heavy atom. The molecule has 1 aromatic carbocycles. The number of para-hydroxylation sites is 1. The van der Waals surface area contributed by atoms with E-state index >= 15 is 0 Å². The number of phenolic OH excluding ortho intramolecular Hbond substituents is 1. The van der Waals surface area contributed by atoms with Crippen molar-refractivity contribution in [2.24, 2.45) is 0 Å². The highest BCUT2D eigenvalue weighted by molar-refractivity contribution is 7.91. The van der Waals surface area contributed by atoms with Gasteiger partial charge in [-0.3, -0.25) is 4.57 Å². The summed E-state index contributed by atoms with van der Waals surface area (Å²) in [6.07, 6.45) is 0.813. The monoisotopic (exact) mass is 282 g/mol. The molecule has 0 amide bonds. The minimum absolute atomic E-state index is 0.0317. The molecule has 0 spiro atoms. The first-order chi connectivity index (χ1) is 8.98. The number of phenols is 1. The molecule has 1 aliphatic heterocycles. The fourth-order valence-electron chi connectivity index (χ4n) is 2.65. The van der Waals surface area contributed by atoms with E-state index in [1.165, 1.54) is 10.6 Å². The maximum atomic E-state index is 12.0. The van der Waals surface area contributed by atoms with Crippen LogP contribution in [0, 0.1) is 0 Å². The zero-order valence-corrected chi connectivity index (χ0v) is 11.0. The second-order valence-electron chi connectivity index (χ2n) is 4.86. The Kier molecular flexibility index (Phi) is 2.67. The van der Waals surface area contributed by atoms with Crippen molar-refractivity contribution in [2.45, 2.75) is 18.9 Å². The van der Waals surface area contributed by atoms with Gasteiger partial charge in [-0.05, 0) is 25.0 Å². The smallest absolute Gasteiger partial charge is 0.326 e. The maximum absolute atomic E-state index is 12.0. The van der Waals surface area contributed by atoms with E-state index in [0.29, 0.717) is 23.9 Å². The fourth-order valence-corrected chi connectivity index (χ4v) is 4.11. The van der Waals surface area contributed by atoms with Crippen molar-refractivity contribution in [2.75, 3.05) is 11.5 Å². The van der Waals surface area contributed by atoms with Crippen molar-refractivity contribution in [3.63, 3.8) is 0 Å². The van der Waals surface area contributed by atoms with Gasteiger partial charge in [0.15, 0.2) is 0 Å². The molecule has 6 nitrogen and oxygen atoms in total. The van der Waals surface area contributed by atoms with Crippen LogP contribution < -0.4 is 5.69 Å². The summed E-state index contributed by atoms with van der Waals surface area (Å²) in [6.45, 7) is 0. The summed E-state index contributed by atoms with van der Waals surface area (Å²) in [7, 11) is -2.97. The Bertz CT molecular complexity index is 774. The van der Waals surface area contributed by atoms with Crippen LogP contribution in [-0.2, 0) is 9.84 Å². The summed E-state index contributed by atoms with van der Waals surface area (Å²) in [4.78, 5) is 14.7. The fraction of sp³-hybridized carbons (Fsp3) is 0.417. The highest BCUT2D eigenvalue weighted by atomic mass is 32.2. The molecular weight excluding hydrogens is 268 g/mol. The summed E-state index contributed by atoms with van der Waals surface area (Å²) in [5.41, 5.74) is 0.719. The summed E-state index contributed by atoms with van der Waals surface area (Å²) < 4.78 is 24.4. The van der Waals surface area contributed by atoms with Gasteiger partial charge in [-0.15, -0.1) is 0 Å². The van der Waals surface area contributed by atoms with Crippen LogP contribution in [0.4, 0.5) is 0 Å². The van der Waals surface area contributed by atoms with Gasteiger partial charge in [-0.2, -0.15) is 0 Å². The number of sulfone groups is 1. The van der Waals surface area contributed by atoms with Crippen LogP contribution in [0.15, 0.2) is 23.0 Å². The molecule has 2 aromatic rings. The van der Waals surface area contributed by atoms with Gasteiger partial charge in [0.2, 0.25) is 0 Å². The molecule has 1 saturated heterocycles. The number of hydrogen-bond acceptors (Lipinski definition) is 4. The lowest BCUT2D eigenvalue weighted by atomic mass is 10.1. The molecule has 0 saturated carbocycles. The molecule has 1 aromatic heterocycles. The van der Waals surface area contributed by atoms with E-state index in [4.69, 9.17) is 0 Å². The van der Waals surface area contributed by atoms with Crippen molar-refractivity contribution in [1.82, 2.24) is 9.55 Å². The molecule has 3 rings (SSSR count). The third kappa shape index (κ3) is 2.03. The minimum atomic E-state index is -2.97. The number of hydrogen-bond donors (Lipinski definition) is 2. The molecule has 0 radical (unpaired) electrons. The van der Waals surface area contributed by atoms with Crippen LogP contribution >= 0.6 is 0 Å². The van der Waals surface area contributed by atoms with Crippen molar-refractivity contribution in [3.8, 4) is 5.75 Å². The van der Waals surface area contributed by atoms with Crippen molar-refractivity contribution < 1.29 is 13.5 Å². The summed E-state index contributed by atoms with van der Waals surface area (Å²) in [6, 6.07) is 4.71. The van der Waals surface area contributed by atoms with Gasteiger partial charge in [-0.1, -0.05) is 6.07 Å². The van der Waals surface area contributed by atoms with Gasteiger partial charge in [0.1, 0.15) is 21.1 Å². The van der Waals surface area contributed by atoms with E-state index in [1.807, 2.05) is 0 Å². The molecule has 1 fully saturated rings. The Morgan fingerprint density at radius 1 is 1.26 bits per heavy atom. The number of aromatic nitrogens is 2. The van der Waals surface area contributed by atoms with Crippen LogP contribution in [-0.4, -0.2) is 34.6 Å². The molecule has 2 N–H and O–H groups in total. The molecule has 0 aliphatic carbocycles. The normalized spacial score (nSPS) is 19.8. The van der Waals surface area contributed by atoms with Gasteiger partial charge in [0.25, 0.3) is 0 Å². The number of nitrogens with one attached hydrogen (secondary N) is 1. The molecule has 1 aliphatic rings. The molecular formula is C12H14N2O4S. The highest BCUT2D eigenvalue weighted by Gasteiger charge is 2.27. The average Bonchev–Trinajstić information content (AvgIpc) is 2.67. The lowest BCUT2D eigenvalue weighted by molar-refractivity contribution is 0.437. The van der Waals surface area contributed by atoms with Crippen molar-refractivity contribution >= 4 is 20.9 Å². The van der Waals surface area contributed by atoms with E-state index in [-0.39, 0.29) is 29.0 Å². The first-order valence-electron chi connectivity index (χ1n) is 6.10. The molecule has 2 heterocycles. The van der Waals surface area contributed by atoms with Crippen LogP contribution in [0.2, 0.25) is 0 Å². The van der Waals surface area contributed by atoms with E-state index in [2.05, 4.69) is 4.98 Å². The van der Waals surface area contributed by atoms with Crippen molar-refractivity contribution in [3.05, 3.63) is 28.7 Å². The van der Waals surface area contributed by atoms with E-state index in [9.17, 15) is 18.3 Å². The third-order valence-corrected chi connectivity index (χ3v) is 5.32. The van der Waals surface area contributed by atoms with E-state index < -0.39 is 9.84 Å². The standard InChI is InChI=1S/C12H14N2O4S/c15-10-3-1-2-9-11(10)14(12(16)13-9)8-4-6-19(17,18)7-5-8/h1-3,8,15H,4-7H2,(H,13,16). The Labute approximate surface area is 109 Å². The largest absolute Gasteiger partial charge is 0.506 e. The number of benzene rings is 1. The first kappa shape index (κ1) is 12.3. The number of rotatable bonds is 1. The first-order valence-corrected chi connectivity index (χ1v) is 7.93. The topological polar surface area (TPSA) is 92.2 Å². The van der Waals surface area contributed by atoms with E-state index in [0.717, 1.165) is 0 Å². The van der Waals surface area contributed by atoms with Gasteiger partial charge in [0, 0.05) is 6.04 Å². The second kappa shape index (κ2) is 4.12. The quantitative estimate of drug-likeness (QED) is 0.808. The Hall–Kier alpha value is -1.76. The lowest BCUT2D eigenvalue weighted by Gasteiger charge is -2.23. The summed E-state index contributed by atoms with van der Waals surface area (Å²) in [5, 5.41) is 9.90. The van der Waals surface area contributed by atoms with Crippen LogP contribution in [0.1, 0.15) is 18.9 Å². The Morgan fingerprint density at radius 2 is 1.95 bits per heavy atom. The molecule has 102 valence electrons. The molecule has 0 unspecified atom stereocenters. The zero-order chi connectivity index (χ0) is 13.6. The van der Waals surface area contributed by atoms with Gasteiger partial charge in [-0.25, -0.2) is 13.2 Å². The van der Waals surface area contributed by atoms with Gasteiger partial charge >= 0.3 is 5.69 Å². The summed E-state index contributed by atoms with van der Waals surface area (Å²) in [5.74, 6) is 0.207. The molecule has 0 atom stereocenters. The third-order valence-electron chi connectivity index (χ3n) is 3.61. The van der Waals surface area contributed by atoms with Crippen molar-refractivity contribution in [1.29, 1.82) is 0 Å². The summed E-state index contributed by atoms with van der Waals surface area (Å²) >= 11 is 0. The number of fused-ring (bicyclic) bond motifs is 1. The Balaban J connectivity index is 2.11. The SMILES string of the molecule is O=c1[nH]c2cccc(O)c2n1C1CCS(=O)(=O)CC1. The maximum Gasteiger partial charge on any atom is 0.326 e. The number of aromatic amines is 1. The number of aromatic hydroxyl groups is 1.